The average Bonchev–Trinajstić information content (AvgIpc) is 2.81. The summed E-state index contributed by atoms with van der Waals surface area (Å²) in [5, 5.41) is 13.0. The molecule has 0 spiro atoms. The van der Waals surface area contributed by atoms with Crippen LogP contribution in [0, 0.1) is 0 Å². The Bertz CT molecular complexity index is 944. The van der Waals surface area contributed by atoms with Crippen LogP contribution in [-0.2, 0) is 11.3 Å². The topological polar surface area (TPSA) is 82.1 Å². The second-order valence-corrected chi connectivity index (χ2v) is 8.80. The summed E-state index contributed by atoms with van der Waals surface area (Å²) in [6, 6.07) is 14.9. The summed E-state index contributed by atoms with van der Waals surface area (Å²) in [6.07, 6.45) is 5.01. The fourth-order valence-electron chi connectivity index (χ4n) is 4.32. The molecule has 1 fully saturated rings. The molecule has 0 unspecified atom stereocenters. The normalized spacial score (nSPS) is 17.8. The third-order valence-corrected chi connectivity index (χ3v) is 6.22. The molecule has 33 heavy (non-hydrogen) atoms. The third-order valence-electron chi connectivity index (χ3n) is 6.22. The first-order valence-electron chi connectivity index (χ1n) is 11.9. The standard InChI is InChI=1S/C26H33N3O4/c30-22-17-28(18-22)26(32)20-11-12-24-21(15-20)16-27-13-7-2-1-3-8-14-29(24)25(31)19-33-23-9-5-4-6-10-23/h4-6,9-12,15,22,27,30H,1-3,7-8,13-14,16-19H2. The van der Waals surface area contributed by atoms with Crippen LogP contribution in [0.25, 0.3) is 0 Å². The van der Waals surface area contributed by atoms with Crippen LogP contribution in [0.3, 0.4) is 0 Å². The number of amides is 2. The van der Waals surface area contributed by atoms with Crippen molar-refractivity contribution in [3.63, 3.8) is 0 Å². The van der Waals surface area contributed by atoms with Crippen LogP contribution in [0.15, 0.2) is 48.5 Å². The van der Waals surface area contributed by atoms with Gasteiger partial charge < -0.3 is 25.0 Å². The molecular formula is C26H33N3O4. The number of hydrogen-bond donors (Lipinski definition) is 2. The van der Waals surface area contributed by atoms with E-state index in [1.165, 1.54) is 6.42 Å². The number of carbonyl (C=O) groups is 2. The molecule has 0 bridgehead atoms. The van der Waals surface area contributed by atoms with Gasteiger partial charge in [-0.1, -0.05) is 37.5 Å². The van der Waals surface area contributed by atoms with Crippen molar-refractivity contribution in [1.29, 1.82) is 0 Å². The number of carbonyl (C=O) groups excluding carboxylic acids is 2. The highest BCUT2D eigenvalue weighted by Crippen LogP contribution is 2.26. The molecule has 2 amide bonds. The lowest BCUT2D eigenvalue weighted by molar-refractivity contribution is -0.120. The number of benzene rings is 2. The van der Waals surface area contributed by atoms with Crippen molar-refractivity contribution >= 4 is 17.5 Å². The summed E-state index contributed by atoms with van der Waals surface area (Å²) in [5.41, 5.74) is 2.34. The molecule has 0 aromatic heterocycles. The van der Waals surface area contributed by atoms with Crippen LogP contribution in [0.2, 0.25) is 0 Å². The number of likely N-dealkylation sites (tertiary alicyclic amines) is 1. The van der Waals surface area contributed by atoms with Gasteiger partial charge in [0.1, 0.15) is 5.75 Å². The molecule has 7 nitrogen and oxygen atoms in total. The number of para-hydroxylation sites is 1. The van der Waals surface area contributed by atoms with E-state index < -0.39 is 6.10 Å². The minimum absolute atomic E-state index is 0.0385. The Morgan fingerprint density at radius 2 is 1.76 bits per heavy atom. The van der Waals surface area contributed by atoms with Crippen LogP contribution in [0.5, 0.6) is 5.75 Å². The fraction of sp³-hybridized carbons (Fsp3) is 0.462. The number of nitrogens with zero attached hydrogens (tertiary/aromatic N) is 2. The van der Waals surface area contributed by atoms with Crippen LogP contribution < -0.4 is 15.0 Å². The number of nitrogens with one attached hydrogen (secondary N) is 1. The summed E-state index contributed by atoms with van der Waals surface area (Å²) in [5.74, 6) is 0.487. The molecule has 2 aliphatic heterocycles. The minimum Gasteiger partial charge on any atom is -0.484 e. The zero-order chi connectivity index (χ0) is 23.0. The maximum Gasteiger partial charge on any atom is 0.264 e. The number of fused-ring (bicyclic) bond motifs is 1. The molecule has 0 atom stereocenters. The summed E-state index contributed by atoms with van der Waals surface area (Å²) >= 11 is 0. The third kappa shape index (κ3) is 6.12. The summed E-state index contributed by atoms with van der Waals surface area (Å²) in [4.78, 5) is 29.5. The number of hydrogen-bond acceptors (Lipinski definition) is 5. The van der Waals surface area contributed by atoms with Crippen molar-refractivity contribution in [2.24, 2.45) is 0 Å². The highest BCUT2D eigenvalue weighted by molar-refractivity contribution is 5.98. The van der Waals surface area contributed by atoms with E-state index in [4.69, 9.17) is 4.74 Å². The zero-order valence-electron chi connectivity index (χ0n) is 19.0. The molecule has 0 aliphatic carbocycles. The van der Waals surface area contributed by atoms with E-state index in [1.807, 2.05) is 47.4 Å². The largest absolute Gasteiger partial charge is 0.484 e. The molecule has 2 aromatic rings. The lowest BCUT2D eigenvalue weighted by atomic mass is 10.0. The van der Waals surface area contributed by atoms with Gasteiger partial charge in [-0.15, -0.1) is 0 Å². The first kappa shape index (κ1) is 23.3. The van der Waals surface area contributed by atoms with E-state index in [2.05, 4.69) is 5.32 Å². The van der Waals surface area contributed by atoms with Crippen LogP contribution in [0.4, 0.5) is 5.69 Å². The maximum atomic E-state index is 13.2. The molecule has 176 valence electrons. The molecule has 2 aromatic carbocycles. The number of aliphatic hydroxyl groups excluding tert-OH is 1. The monoisotopic (exact) mass is 451 g/mol. The Hall–Kier alpha value is -2.90. The number of rotatable bonds is 4. The molecule has 2 N–H and O–H groups in total. The van der Waals surface area contributed by atoms with Crippen LogP contribution >= 0.6 is 0 Å². The van der Waals surface area contributed by atoms with Crippen molar-refractivity contribution in [3.8, 4) is 5.75 Å². The predicted octanol–water partition coefficient (Wildman–Crippen LogP) is 2.97. The van der Waals surface area contributed by atoms with E-state index >= 15 is 0 Å². The summed E-state index contributed by atoms with van der Waals surface area (Å²) in [7, 11) is 0. The first-order chi connectivity index (χ1) is 16.1. The second-order valence-electron chi connectivity index (χ2n) is 8.80. The van der Waals surface area contributed by atoms with Crippen molar-refractivity contribution in [3.05, 3.63) is 59.7 Å². The average molecular weight is 452 g/mol. The van der Waals surface area contributed by atoms with E-state index in [0.717, 1.165) is 43.5 Å². The summed E-state index contributed by atoms with van der Waals surface area (Å²) < 4.78 is 5.74. The number of ether oxygens (including phenoxy) is 1. The van der Waals surface area contributed by atoms with Gasteiger partial charge in [0.2, 0.25) is 0 Å². The Balaban J connectivity index is 1.56. The maximum absolute atomic E-state index is 13.2. The van der Waals surface area contributed by atoms with E-state index in [0.29, 0.717) is 37.5 Å². The number of anilines is 1. The molecule has 2 aliphatic rings. The Labute approximate surface area is 195 Å². The molecular weight excluding hydrogens is 418 g/mol. The smallest absolute Gasteiger partial charge is 0.264 e. The lowest BCUT2D eigenvalue weighted by Crippen LogP contribution is -2.53. The Morgan fingerprint density at radius 1 is 1.00 bits per heavy atom. The number of β-amino-alcohol motifs (C(OH)–C–C–N with tert-alkyl or cyclic N) is 1. The van der Waals surface area contributed by atoms with Crippen molar-refractivity contribution in [2.45, 2.75) is 44.8 Å². The quantitative estimate of drug-likeness (QED) is 0.747. The lowest BCUT2D eigenvalue weighted by Gasteiger charge is -2.36. The number of aliphatic hydroxyl groups is 1. The van der Waals surface area contributed by atoms with E-state index in [1.54, 1.807) is 11.0 Å². The van der Waals surface area contributed by atoms with Gasteiger partial charge in [0, 0.05) is 37.4 Å². The highest BCUT2D eigenvalue weighted by Gasteiger charge is 2.30. The molecule has 7 heteroatoms. The molecule has 0 radical (unpaired) electrons. The molecule has 1 saturated heterocycles. The van der Waals surface area contributed by atoms with Gasteiger partial charge >= 0.3 is 0 Å². The highest BCUT2D eigenvalue weighted by atomic mass is 16.5. The second kappa shape index (κ2) is 11.3. The molecule has 0 saturated carbocycles. The fourth-order valence-corrected chi connectivity index (χ4v) is 4.32. The van der Waals surface area contributed by atoms with Gasteiger partial charge in [0.15, 0.2) is 6.61 Å². The van der Waals surface area contributed by atoms with Gasteiger partial charge in [0.05, 0.1) is 6.10 Å². The van der Waals surface area contributed by atoms with Crippen LogP contribution in [-0.4, -0.2) is 60.7 Å². The van der Waals surface area contributed by atoms with Crippen molar-refractivity contribution in [1.82, 2.24) is 10.2 Å². The van der Waals surface area contributed by atoms with Crippen molar-refractivity contribution < 1.29 is 19.4 Å². The van der Waals surface area contributed by atoms with Gasteiger partial charge in [-0.3, -0.25) is 9.59 Å². The van der Waals surface area contributed by atoms with E-state index in [-0.39, 0.29) is 18.4 Å². The Morgan fingerprint density at radius 3 is 2.55 bits per heavy atom. The molecule has 4 rings (SSSR count). The molecule has 2 heterocycles. The van der Waals surface area contributed by atoms with Gasteiger partial charge in [0.25, 0.3) is 11.8 Å². The van der Waals surface area contributed by atoms with Gasteiger partial charge in [-0.2, -0.15) is 0 Å². The predicted molar refractivity (Wildman–Crippen MR) is 127 cm³/mol. The van der Waals surface area contributed by atoms with Crippen LogP contribution in [0.1, 0.15) is 48.0 Å². The zero-order valence-corrected chi connectivity index (χ0v) is 19.0. The van der Waals surface area contributed by atoms with Crippen molar-refractivity contribution in [2.75, 3.05) is 37.7 Å². The Kier molecular flexibility index (Phi) is 7.96. The summed E-state index contributed by atoms with van der Waals surface area (Å²) in [6.45, 7) is 2.81. The van der Waals surface area contributed by atoms with Gasteiger partial charge in [-0.25, -0.2) is 0 Å². The first-order valence-corrected chi connectivity index (χ1v) is 11.9. The van der Waals surface area contributed by atoms with E-state index in [9.17, 15) is 14.7 Å². The SMILES string of the molecule is O=C(c1ccc2c(c1)CNCCCCCCCN2C(=O)COc1ccccc1)N1CC(O)C1. The van der Waals surface area contributed by atoms with Gasteiger partial charge in [-0.05, 0) is 55.3 Å². The minimum atomic E-state index is -0.433.